The zero-order valence-electron chi connectivity index (χ0n) is 15.7. The Hall–Kier alpha value is -2.53. The standard InChI is InChI=1S/C21H24ClNO4/c1-4-14(2)16-9-5-7-11-18(16)23-21(25)15(3)27-20(24)13-26-19-12-8-6-10-17(19)22/h5-12,14-15H,4,13H2,1-3H3,(H,23,25)/t14-,15+/m0/s1. The lowest BCUT2D eigenvalue weighted by molar-refractivity contribution is -0.155. The van der Waals surface area contributed by atoms with E-state index in [0.29, 0.717) is 16.7 Å². The molecule has 2 aromatic rings. The number of carbonyl (C=O) groups excluding carboxylic acids is 2. The molecule has 0 unspecified atom stereocenters. The smallest absolute Gasteiger partial charge is 0.344 e. The Morgan fingerprint density at radius 3 is 2.44 bits per heavy atom. The van der Waals surface area contributed by atoms with Crippen molar-refractivity contribution in [2.24, 2.45) is 0 Å². The lowest BCUT2D eigenvalue weighted by Crippen LogP contribution is -2.32. The van der Waals surface area contributed by atoms with Crippen LogP contribution in [-0.2, 0) is 14.3 Å². The number of hydrogen-bond donors (Lipinski definition) is 1. The minimum absolute atomic E-state index is 0.309. The van der Waals surface area contributed by atoms with Crippen LogP contribution in [-0.4, -0.2) is 24.6 Å². The molecule has 0 spiro atoms. The van der Waals surface area contributed by atoms with Gasteiger partial charge in [0.25, 0.3) is 5.91 Å². The molecule has 0 bridgehead atoms. The van der Waals surface area contributed by atoms with Crippen molar-refractivity contribution >= 4 is 29.2 Å². The maximum absolute atomic E-state index is 12.4. The van der Waals surface area contributed by atoms with Gasteiger partial charge in [-0.3, -0.25) is 4.79 Å². The Labute approximate surface area is 164 Å². The molecule has 0 aliphatic heterocycles. The predicted octanol–water partition coefficient (Wildman–Crippen LogP) is 4.80. The molecule has 5 nitrogen and oxygen atoms in total. The second-order valence-electron chi connectivity index (χ2n) is 6.24. The first kappa shape index (κ1) is 20.8. The monoisotopic (exact) mass is 389 g/mol. The Bertz CT molecular complexity index is 793. The topological polar surface area (TPSA) is 64.6 Å². The van der Waals surface area contributed by atoms with Crippen molar-refractivity contribution in [3.8, 4) is 5.75 Å². The van der Waals surface area contributed by atoms with Crippen LogP contribution < -0.4 is 10.1 Å². The van der Waals surface area contributed by atoms with Crippen molar-refractivity contribution in [3.63, 3.8) is 0 Å². The number of para-hydroxylation sites is 2. The summed E-state index contributed by atoms with van der Waals surface area (Å²) < 4.78 is 10.5. The van der Waals surface area contributed by atoms with Crippen molar-refractivity contribution < 1.29 is 19.1 Å². The van der Waals surface area contributed by atoms with Crippen LogP contribution in [0.25, 0.3) is 0 Å². The molecular weight excluding hydrogens is 366 g/mol. The van der Waals surface area contributed by atoms with E-state index in [1.165, 1.54) is 6.92 Å². The van der Waals surface area contributed by atoms with Gasteiger partial charge in [-0.05, 0) is 43.0 Å². The summed E-state index contributed by atoms with van der Waals surface area (Å²) in [6.07, 6.45) is 0.00825. The number of halogens is 1. The van der Waals surface area contributed by atoms with Gasteiger partial charge in [-0.2, -0.15) is 0 Å². The zero-order valence-corrected chi connectivity index (χ0v) is 16.5. The van der Waals surface area contributed by atoms with Gasteiger partial charge in [0, 0.05) is 5.69 Å². The fraction of sp³-hybridized carbons (Fsp3) is 0.333. The number of nitrogens with one attached hydrogen (secondary N) is 1. The van der Waals surface area contributed by atoms with Crippen LogP contribution in [0, 0.1) is 0 Å². The summed E-state index contributed by atoms with van der Waals surface area (Å²) in [5.74, 6) is -0.344. The molecule has 0 heterocycles. The summed E-state index contributed by atoms with van der Waals surface area (Å²) in [5.41, 5.74) is 1.78. The van der Waals surface area contributed by atoms with Crippen LogP contribution in [0.5, 0.6) is 5.75 Å². The molecule has 1 amide bonds. The van der Waals surface area contributed by atoms with Crippen molar-refractivity contribution in [2.45, 2.75) is 39.2 Å². The lowest BCUT2D eigenvalue weighted by Gasteiger charge is -2.18. The molecule has 0 fully saturated rings. The number of hydrogen-bond acceptors (Lipinski definition) is 4. The summed E-state index contributed by atoms with van der Waals surface area (Å²) in [5, 5.41) is 3.24. The van der Waals surface area contributed by atoms with Gasteiger partial charge in [0.1, 0.15) is 5.75 Å². The molecule has 0 saturated carbocycles. The Balaban J connectivity index is 1.90. The zero-order chi connectivity index (χ0) is 19.8. The summed E-state index contributed by atoms with van der Waals surface area (Å²) >= 11 is 5.97. The molecule has 0 radical (unpaired) electrons. The SMILES string of the molecule is CC[C@H](C)c1ccccc1NC(=O)[C@@H](C)OC(=O)COc1ccccc1Cl. The largest absolute Gasteiger partial charge is 0.480 e. The van der Waals surface area contributed by atoms with Crippen molar-refractivity contribution in [1.29, 1.82) is 0 Å². The first-order chi connectivity index (χ1) is 12.9. The van der Waals surface area contributed by atoms with Gasteiger partial charge < -0.3 is 14.8 Å². The van der Waals surface area contributed by atoms with Crippen LogP contribution in [0.4, 0.5) is 5.69 Å². The second-order valence-corrected chi connectivity index (χ2v) is 6.64. The molecule has 144 valence electrons. The summed E-state index contributed by atoms with van der Waals surface area (Å²) in [6.45, 7) is 5.38. The number of ether oxygens (including phenoxy) is 2. The molecule has 2 atom stereocenters. The van der Waals surface area contributed by atoms with Crippen LogP contribution >= 0.6 is 11.6 Å². The maximum Gasteiger partial charge on any atom is 0.344 e. The van der Waals surface area contributed by atoms with Crippen LogP contribution in [0.2, 0.25) is 5.02 Å². The van der Waals surface area contributed by atoms with Crippen molar-refractivity contribution in [2.75, 3.05) is 11.9 Å². The summed E-state index contributed by atoms with van der Waals surface area (Å²) in [4.78, 5) is 24.3. The Kier molecular flexibility index (Phi) is 7.67. The van der Waals surface area contributed by atoms with Gasteiger partial charge in [0.2, 0.25) is 0 Å². The number of rotatable bonds is 8. The van der Waals surface area contributed by atoms with E-state index in [9.17, 15) is 9.59 Å². The Morgan fingerprint density at radius 2 is 1.74 bits per heavy atom. The molecule has 1 N–H and O–H groups in total. The fourth-order valence-corrected chi connectivity index (χ4v) is 2.67. The lowest BCUT2D eigenvalue weighted by atomic mass is 9.97. The number of esters is 1. The van der Waals surface area contributed by atoms with E-state index in [0.717, 1.165) is 17.7 Å². The highest BCUT2D eigenvalue weighted by molar-refractivity contribution is 6.32. The number of amides is 1. The number of benzene rings is 2. The van der Waals surface area contributed by atoms with E-state index < -0.39 is 18.0 Å². The summed E-state index contributed by atoms with van der Waals surface area (Å²) in [6, 6.07) is 14.4. The molecule has 6 heteroatoms. The van der Waals surface area contributed by atoms with Crippen LogP contribution in [0.3, 0.4) is 0 Å². The molecule has 0 aliphatic carbocycles. The molecular formula is C21H24ClNO4. The van der Waals surface area contributed by atoms with Crippen LogP contribution in [0.1, 0.15) is 38.7 Å². The number of anilines is 1. The second kappa shape index (κ2) is 9.97. The minimum atomic E-state index is -0.947. The molecule has 0 saturated heterocycles. The molecule has 2 aromatic carbocycles. The van der Waals surface area contributed by atoms with Gasteiger partial charge in [0.05, 0.1) is 5.02 Å². The molecule has 0 aliphatic rings. The highest BCUT2D eigenvalue weighted by Crippen LogP contribution is 2.26. The Morgan fingerprint density at radius 1 is 1.07 bits per heavy atom. The molecule has 0 aromatic heterocycles. The van der Waals surface area contributed by atoms with Gasteiger partial charge in [0.15, 0.2) is 12.7 Å². The van der Waals surface area contributed by atoms with Gasteiger partial charge in [-0.15, -0.1) is 0 Å². The normalized spacial score (nSPS) is 12.7. The van der Waals surface area contributed by atoms with Crippen molar-refractivity contribution in [1.82, 2.24) is 0 Å². The van der Waals surface area contributed by atoms with Gasteiger partial charge >= 0.3 is 5.97 Å². The van der Waals surface area contributed by atoms with E-state index in [1.54, 1.807) is 24.3 Å². The van der Waals surface area contributed by atoms with Crippen LogP contribution in [0.15, 0.2) is 48.5 Å². The van der Waals surface area contributed by atoms with E-state index in [-0.39, 0.29) is 6.61 Å². The minimum Gasteiger partial charge on any atom is -0.480 e. The first-order valence-corrected chi connectivity index (χ1v) is 9.26. The van der Waals surface area contributed by atoms with E-state index >= 15 is 0 Å². The fourth-order valence-electron chi connectivity index (χ4n) is 2.48. The molecule has 2 rings (SSSR count). The quantitative estimate of drug-likeness (QED) is 0.658. The number of carbonyl (C=O) groups is 2. The predicted molar refractivity (Wildman–Crippen MR) is 106 cm³/mol. The van der Waals surface area contributed by atoms with Crippen molar-refractivity contribution in [3.05, 3.63) is 59.1 Å². The van der Waals surface area contributed by atoms with E-state index in [2.05, 4.69) is 19.2 Å². The average Bonchev–Trinajstić information content (AvgIpc) is 2.67. The van der Waals surface area contributed by atoms with Gasteiger partial charge in [-0.1, -0.05) is 55.8 Å². The summed E-state index contributed by atoms with van der Waals surface area (Å²) in [7, 11) is 0. The highest BCUT2D eigenvalue weighted by atomic mass is 35.5. The first-order valence-electron chi connectivity index (χ1n) is 8.89. The highest BCUT2D eigenvalue weighted by Gasteiger charge is 2.20. The van der Waals surface area contributed by atoms with Gasteiger partial charge in [-0.25, -0.2) is 4.79 Å². The third-order valence-corrected chi connectivity index (χ3v) is 4.53. The third kappa shape index (κ3) is 6.00. The third-order valence-electron chi connectivity index (χ3n) is 4.22. The maximum atomic E-state index is 12.4. The molecule has 27 heavy (non-hydrogen) atoms. The van der Waals surface area contributed by atoms with E-state index in [4.69, 9.17) is 21.1 Å². The van der Waals surface area contributed by atoms with E-state index in [1.807, 2.05) is 24.3 Å². The average molecular weight is 390 g/mol.